The van der Waals surface area contributed by atoms with E-state index < -0.39 is 87.8 Å². The smallest absolute Gasteiger partial charge is 0.287 e. The van der Waals surface area contributed by atoms with Crippen molar-refractivity contribution in [2.45, 2.75) is 22.0 Å². The number of carbonyl (C=O) groups excluding carboxylic acids is 1. The third-order valence-corrected chi connectivity index (χ3v) is 8.47. The number of carbonyl (C=O) groups is 1. The monoisotopic (exact) mass is 610 g/mol. The molecule has 0 N–H and O–H groups in total. The van der Waals surface area contributed by atoms with Crippen LogP contribution in [-0.4, -0.2) is 61.5 Å². The Morgan fingerprint density at radius 2 is 0.647 bits per heavy atom. The van der Waals surface area contributed by atoms with E-state index in [1.165, 1.54) is 0 Å². The molecule has 0 saturated heterocycles. The second-order valence-electron chi connectivity index (χ2n) is 5.17. The summed E-state index contributed by atoms with van der Waals surface area (Å²) in [6, 6.07) is 0. The van der Waals surface area contributed by atoms with Gasteiger partial charge in [-0.3, -0.25) is 4.79 Å². The number of Topliss-reactive ketones (excluding diaryl/α,β-unsaturated/α-hetero) is 1. The Balaban J connectivity index is 7.97. The summed E-state index contributed by atoms with van der Waals surface area (Å²) in [7, 11) is -30.6. The maximum atomic E-state index is 12.7. The Morgan fingerprint density at radius 3 is 0.794 bits per heavy atom. The summed E-state index contributed by atoms with van der Waals surface area (Å²) in [6.07, 6.45) is 0. The zero-order valence-electron chi connectivity index (χ0n) is 14.5. The van der Waals surface area contributed by atoms with E-state index >= 15 is 0 Å². The molecular weight excluding hydrogens is 608 g/mol. The number of rotatable bonds is 6. The standard InChI is InChI=1S/C9H2F12O9S4/c10-6(11,12)31(23,24)1-3(33(27,28)8(16,17)18)5(22)4(34(29,30)9(19,20)21)2-32(25,26)7(13,14)15/h1-2H/b3-1+,4-2+. The lowest BCUT2D eigenvalue weighted by molar-refractivity contribution is -0.111. The van der Waals surface area contributed by atoms with Gasteiger partial charge in [-0.05, 0) is 0 Å². The van der Waals surface area contributed by atoms with Crippen molar-refractivity contribution in [2.75, 3.05) is 0 Å². The molecule has 0 saturated carbocycles. The molecule has 0 radical (unpaired) electrons. The summed E-state index contributed by atoms with van der Waals surface area (Å²) in [5, 5.41) is -4.50. The molecule has 0 bridgehead atoms. The molecule has 0 amide bonds. The Morgan fingerprint density at radius 1 is 0.441 bits per heavy atom. The van der Waals surface area contributed by atoms with E-state index in [-0.39, 0.29) is 0 Å². The van der Waals surface area contributed by atoms with E-state index in [4.69, 9.17) is 0 Å². The van der Waals surface area contributed by atoms with Crippen molar-refractivity contribution in [2.24, 2.45) is 0 Å². The quantitative estimate of drug-likeness (QED) is 0.325. The van der Waals surface area contributed by atoms with Crippen LogP contribution in [0.2, 0.25) is 0 Å². The normalized spacial score (nSPS) is 16.5. The molecule has 0 atom stereocenters. The Kier molecular flexibility index (Phi) is 8.17. The molecule has 25 heteroatoms. The summed E-state index contributed by atoms with van der Waals surface area (Å²) in [4.78, 5) is 3.84. The van der Waals surface area contributed by atoms with Crippen molar-refractivity contribution in [3.05, 3.63) is 20.6 Å². The van der Waals surface area contributed by atoms with Gasteiger partial charge in [-0.1, -0.05) is 0 Å². The average molecular weight is 610 g/mol. The van der Waals surface area contributed by atoms with Gasteiger partial charge in [0.25, 0.3) is 39.3 Å². The number of alkyl halides is 12. The van der Waals surface area contributed by atoms with Crippen molar-refractivity contribution >= 4 is 45.1 Å². The molecule has 200 valence electrons. The fourth-order valence-corrected chi connectivity index (χ4v) is 5.35. The second-order valence-corrected chi connectivity index (χ2v) is 12.6. The topological polar surface area (TPSA) is 154 Å². The van der Waals surface area contributed by atoms with Gasteiger partial charge in [0.15, 0.2) is 0 Å². The molecule has 34 heavy (non-hydrogen) atoms. The molecule has 0 rings (SSSR count). The first-order valence-corrected chi connectivity index (χ1v) is 12.6. The highest BCUT2D eigenvalue weighted by molar-refractivity contribution is 8.02. The van der Waals surface area contributed by atoms with E-state index in [9.17, 15) is 91.2 Å². The lowest BCUT2D eigenvalue weighted by atomic mass is 10.4. The molecule has 0 heterocycles. The number of hydrogen-bond donors (Lipinski definition) is 0. The van der Waals surface area contributed by atoms with E-state index in [0.29, 0.717) is 0 Å². The lowest BCUT2D eigenvalue weighted by Gasteiger charge is -2.15. The highest BCUT2D eigenvalue weighted by Gasteiger charge is 2.58. The Labute approximate surface area is 179 Å². The van der Waals surface area contributed by atoms with Crippen LogP contribution in [0.1, 0.15) is 0 Å². The van der Waals surface area contributed by atoms with Crippen LogP contribution < -0.4 is 0 Å². The molecule has 9 nitrogen and oxygen atoms in total. The largest absolute Gasteiger partial charge is 0.502 e. The predicted molar refractivity (Wildman–Crippen MR) is 81.1 cm³/mol. The molecule has 0 aromatic carbocycles. The first-order valence-electron chi connectivity index (χ1n) is 6.58. The predicted octanol–water partition coefficient (Wildman–Crippen LogP) is 1.98. The van der Waals surface area contributed by atoms with Crippen molar-refractivity contribution in [3.8, 4) is 0 Å². The van der Waals surface area contributed by atoms with Crippen molar-refractivity contribution < 1.29 is 91.2 Å². The SMILES string of the molecule is O=C(/C(=C\S(=O)(=O)C(F)(F)F)S(=O)(=O)C(F)(F)F)/C(=C\S(=O)(=O)C(F)(F)F)S(=O)(=O)C(F)(F)F. The summed E-state index contributed by atoms with van der Waals surface area (Å²) in [5.41, 5.74) is -27.8. The van der Waals surface area contributed by atoms with Crippen LogP contribution in [0.3, 0.4) is 0 Å². The highest BCUT2D eigenvalue weighted by atomic mass is 32.2. The van der Waals surface area contributed by atoms with Gasteiger partial charge in [0, 0.05) is 0 Å². The molecule has 0 unspecified atom stereocenters. The number of sulfone groups is 4. The maximum absolute atomic E-state index is 12.7. The summed E-state index contributed by atoms with van der Waals surface area (Å²) < 4.78 is 240. The Bertz CT molecular complexity index is 1230. The number of halogens is 12. The van der Waals surface area contributed by atoms with Gasteiger partial charge in [0.05, 0.1) is 10.8 Å². The number of ketones is 1. The van der Waals surface area contributed by atoms with Gasteiger partial charge in [0.1, 0.15) is 9.81 Å². The average Bonchev–Trinajstić information content (AvgIpc) is 2.52. The van der Waals surface area contributed by atoms with E-state index in [2.05, 4.69) is 0 Å². The van der Waals surface area contributed by atoms with Crippen LogP contribution in [-0.2, 0) is 44.1 Å². The maximum Gasteiger partial charge on any atom is 0.502 e. The van der Waals surface area contributed by atoms with Crippen LogP contribution in [0.15, 0.2) is 20.6 Å². The molecule has 0 aromatic rings. The van der Waals surface area contributed by atoms with Gasteiger partial charge in [-0.15, -0.1) is 0 Å². The molecular formula is C9H2F12O9S4. The number of hydrogen-bond acceptors (Lipinski definition) is 9. The van der Waals surface area contributed by atoms with Gasteiger partial charge >= 0.3 is 22.0 Å². The van der Waals surface area contributed by atoms with E-state index in [0.717, 1.165) is 0 Å². The molecule has 0 fully saturated rings. The second kappa shape index (κ2) is 8.65. The number of allylic oxidation sites excluding steroid dienone is 2. The van der Waals surface area contributed by atoms with Crippen LogP contribution >= 0.6 is 0 Å². The molecule has 0 spiro atoms. The van der Waals surface area contributed by atoms with Gasteiger partial charge < -0.3 is 0 Å². The fraction of sp³-hybridized carbons (Fsp3) is 0.444. The van der Waals surface area contributed by atoms with Crippen molar-refractivity contribution in [1.82, 2.24) is 0 Å². The van der Waals surface area contributed by atoms with Crippen LogP contribution in [0.4, 0.5) is 52.7 Å². The van der Waals surface area contributed by atoms with E-state index in [1.54, 1.807) is 0 Å². The van der Waals surface area contributed by atoms with Crippen LogP contribution in [0.25, 0.3) is 0 Å². The van der Waals surface area contributed by atoms with Gasteiger partial charge in [-0.25, -0.2) is 33.7 Å². The van der Waals surface area contributed by atoms with Gasteiger partial charge in [0.2, 0.25) is 5.78 Å². The van der Waals surface area contributed by atoms with Crippen molar-refractivity contribution in [1.29, 1.82) is 0 Å². The molecule has 0 aromatic heterocycles. The minimum Gasteiger partial charge on any atom is -0.287 e. The van der Waals surface area contributed by atoms with Crippen LogP contribution in [0, 0.1) is 0 Å². The zero-order valence-corrected chi connectivity index (χ0v) is 17.8. The molecule has 0 aliphatic rings. The fourth-order valence-electron chi connectivity index (χ4n) is 1.26. The lowest BCUT2D eigenvalue weighted by Crippen LogP contribution is -2.35. The zero-order chi connectivity index (χ0) is 28.1. The van der Waals surface area contributed by atoms with Gasteiger partial charge in [-0.2, -0.15) is 52.7 Å². The molecule has 0 aliphatic heterocycles. The minimum atomic E-state index is -7.89. The third-order valence-electron chi connectivity index (χ3n) is 2.81. The van der Waals surface area contributed by atoms with Crippen LogP contribution in [0.5, 0.6) is 0 Å². The Hall–Kier alpha value is -1.89. The highest BCUT2D eigenvalue weighted by Crippen LogP contribution is 2.39. The summed E-state index contributed by atoms with van der Waals surface area (Å²) in [5.74, 6) is -4.16. The van der Waals surface area contributed by atoms with E-state index in [1.807, 2.05) is 0 Å². The third kappa shape index (κ3) is 6.21. The summed E-state index contributed by atoms with van der Waals surface area (Å²) >= 11 is 0. The first kappa shape index (κ1) is 32.1. The summed E-state index contributed by atoms with van der Waals surface area (Å²) in [6.45, 7) is 0. The molecule has 0 aliphatic carbocycles. The first-order chi connectivity index (χ1) is 14.3. The minimum absolute atomic E-state index is 2.25. The van der Waals surface area contributed by atoms with Crippen molar-refractivity contribution in [3.63, 3.8) is 0 Å².